The Morgan fingerprint density at radius 3 is 2.24 bits per heavy atom. The van der Waals surface area contributed by atoms with Crippen molar-refractivity contribution in [1.82, 2.24) is 14.6 Å². The van der Waals surface area contributed by atoms with Crippen molar-refractivity contribution in [1.29, 1.82) is 0 Å². The third-order valence-electron chi connectivity index (χ3n) is 5.57. The Morgan fingerprint density at radius 2 is 1.63 bits per heavy atom. The van der Waals surface area contributed by atoms with E-state index >= 15 is 0 Å². The first-order valence-corrected chi connectivity index (χ1v) is 16.3. The zero-order valence-corrected chi connectivity index (χ0v) is 23.9. The van der Waals surface area contributed by atoms with Crippen molar-refractivity contribution >= 4 is 46.0 Å². The van der Waals surface area contributed by atoms with E-state index in [4.69, 9.17) is 4.74 Å². The molecular formula is C15H25IN3O16P3. The van der Waals surface area contributed by atoms with Crippen molar-refractivity contribution in [2.75, 3.05) is 6.61 Å². The van der Waals surface area contributed by atoms with Gasteiger partial charge in [0.05, 0.1) is 10.2 Å². The van der Waals surface area contributed by atoms with Crippen LogP contribution in [0, 0.1) is 3.57 Å². The second-order valence-corrected chi connectivity index (χ2v) is 14.4. The van der Waals surface area contributed by atoms with Gasteiger partial charge in [0.15, 0.2) is 6.23 Å². The van der Waals surface area contributed by atoms with Crippen LogP contribution < -0.4 is 16.3 Å². The Hall–Kier alpha value is -0.380. The molecule has 38 heavy (non-hydrogen) atoms. The first-order valence-electron chi connectivity index (χ1n) is 10.7. The number of phosphoric acid groups is 2. The molecule has 0 amide bonds. The number of rotatable bonds is 10. The van der Waals surface area contributed by atoms with Crippen molar-refractivity contribution < 1.29 is 66.7 Å². The Kier molecular flexibility index (Phi) is 9.71. The summed E-state index contributed by atoms with van der Waals surface area (Å²) in [6.45, 7) is -1.44. The summed E-state index contributed by atoms with van der Waals surface area (Å²) in [6.07, 6.45) is -0.540. The van der Waals surface area contributed by atoms with Gasteiger partial charge in [-0.15, -0.1) is 0 Å². The number of aromatic amines is 1. The van der Waals surface area contributed by atoms with Crippen molar-refractivity contribution in [3.05, 3.63) is 30.6 Å². The molecule has 2 fully saturated rings. The van der Waals surface area contributed by atoms with Crippen molar-refractivity contribution in [2.24, 2.45) is 0 Å². The molecule has 1 aromatic heterocycles. The molecule has 1 aromatic rings. The molecule has 218 valence electrons. The fourth-order valence-corrected chi connectivity index (χ4v) is 8.18. The zero-order chi connectivity index (χ0) is 28.7. The van der Waals surface area contributed by atoms with Gasteiger partial charge in [-0.1, -0.05) is 19.3 Å². The molecule has 1 aliphatic heterocycles. The minimum atomic E-state index is -5.76. The third kappa shape index (κ3) is 7.47. The van der Waals surface area contributed by atoms with E-state index in [-0.39, 0.29) is 3.57 Å². The average molecular weight is 723 g/mol. The van der Waals surface area contributed by atoms with Gasteiger partial charge in [-0.2, -0.15) is 8.62 Å². The van der Waals surface area contributed by atoms with Crippen LogP contribution in [0.25, 0.3) is 0 Å². The number of aliphatic hydroxyl groups is 4. The van der Waals surface area contributed by atoms with Gasteiger partial charge in [0, 0.05) is 12.2 Å². The predicted molar refractivity (Wildman–Crippen MR) is 130 cm³/mol. The Bertz CT molecular complexity index is 1290. The number of nitrogens with zero attached hydrogens (tertiary/aromatic N) is 1. The van der Waals surface area contributed by atoms with Crippen LogP contribution in [-0.4, -0.2) is 75.0 Å². The summed E-state index contributed by atoms with van der Waals surface area (Å²) in [5.74, 6) is -7.36. The molecule has 19 nitrogen and oxygen atoms in total. The largest absolute Gasteiger partial charge is 0.489 e. The normalized spacial score (nSPS) is 28.3. The summed E-state index contributed by atoms with van der Waals surface area (Å²) in [6, 6.07) is -0.526. The Labute approximate surface area is 226 Å². The van der Waals surface area contributed by atoms with E-state index in [2.05, 4.69) is 18.2 Å². The maximum atomic E-state index is 12.2. The summed E-state index contributed by atoms with van der Waals surface area (Å²) in [5.41, 5.74) is -2.10. The molecule has 2 heterocycles. The molecule has 0 spiro atoms. The highest BCUT2D eigenvalue weighted by atomic mass is 127. The number of aromatic nitrogens is 2. The van der Waals surface area contributed by atoms with Crippen molar-refractivity contribution in [3.8, 4) is 0 Å². The van der Waals surface area contributed by atoms with Gasteiger partial charge in [0.1, 0.15) is 6.10 Å². The van der Waals surface area contributed by atoms with E-state index in [1.54, 1.807) is 0 Å². The molecule has 0 radical (unpaired) electrons. The van der Waals surface area contributed by atoms with Gasteiger partial charge < -0.3 is 39.8 Å². The second-order valence-electron chi connectivity index (χ2n) is 8.45. The summed E-state index contributed by atoms with van der Waals surface area (Å²) < 4.78 is 54.1. The molecule has 0 aromatic carbocycles. The first kappa shape index (κ1) is 32.1. The standard InChI is InChI=1S/C15H25IN3O16P3/c16-9-6-19(13(21)17-11(9)20)12-15(24,25)14(22,23)10(33-12)7-32-37(28,29)35-38(30,31)34-36(26,27)18-8-4-2-1-3-5-8/h6,8,10,12,22-25H,1-5,7H2,(H,28,29)(H,30,31)(H,17,20,21)(H2,18,26,27). The van der Waals surface area contributed by atoms with Gasteiger partial charge in [0.2, 0.25) is 0 Å². The SMILES string of the molecule is O=c1[nH]c(=O)n(C2OC(COP(=O)(O)OP(=O)(O)OP(=O)(O)NC3CCCCC3)C(O)(O)C2(O)O)cc1I. The van der Waals surface area contributed by atoms with Gasteiger partial charge in [-0.3, -0.25) is 18.9 Å². The maximum Gasteiger partial charge on any atom is 0.489 e. The molecule has 5 atom stereocenters. The minimum Gasteiger partial charge on any atom is -0.359 e. The lowest BCUT2D eigenvalue weighted by Gasteiger charge is -2.31. The molecule has 2 aliphatic rings. The summed E-state index contributed by atoms with van der Waals surface area (Å²) in [4.78, 5) is 54.8. The molecular weight excluding hydrogens is 698 g/mol. The summed E-state index contributed by atoms with van der Waals surface area (Å²) in [5, 5.41) is 43.1. The van der Waals surface area contributed by atoms with Gasteiger partial charge in [-0.05, 0) is 35.4 Å². The fourth-order valence-electron chi connectivity index (χ4n) is 3.77. The fraction of sp³-hybridized carbons (Fsp3) is 0.733. The van der Waals surface area contributed by atoms with E-state index in [1.165, 1.54) is 22.6 Å². The number of hydrogen-bond donors (Lipinski definition) is 9. The van der Waals surface area contributed by atoms with Gasteiger partial charge >= 0.3 is 29.1 Å². The van der Waals surface area contributed by atoms with Crippen LogP contribution in [0.1, 0.15) is 38.3 Å². The molecule has 5 unspecified atom stereocenters. The molecule has 0 bridgehead atoms. The molecule has 9 N–H and O–H groups in total. The highest BCUT2D eigenvalue weighted by molar-refractivity contribution is 14.1. The van der Waals surface area contributed by atoms with E-state index in [1.807, 2.05) is 4.98 Å². The molecule has 1 saturated carbocycles. The van der Waals surface area contributed by atoms with Crippen LogP contribution in [0.3, 0.4) is 0 Å². The van der Waals surface area contributed by atoms with Crippen LogP contribution in [0.2, 0.25) is 0 Å². The summed E-state index contributed by atoms with van der Waals surface area (Å²) in [7, 11) is -16.5. The second kappa shape index (κ2) is 11.5. The number of hydrogen-bond acceptors (Lipinski definition) is 13. The molecule has 1 saturated heterocycles. The van der Waals surface area contributed by atoms with E-state index in [0.717, 1.165) is 25.5 Å². The number of nitrogens with one attached hydrogen (secondary N) is 2. The molecule has 3 rings (SSSR count). The summed E-state index contributed by atoms with van der Waals surface area (Å²) >= 11 is 1.48. The molecule has 1 aliphatic carbocycles. The first-order chi connectivity index (χ1) is 17.3. The predicted octanol–water partition coefficient (Wildman–Crippen LogP) is -1.33. The third-order valence-corrected chi connectivity index (χ3v) is 10.9. The number of H-pyrrole nitrogens is 1. The van der Waals surface area contributed by atoms with Crippen molar-refractivity contribution in [3.63, 3.8) is 0 Å². The lowest BCUT2D eigenvalue weighted by atomic mass is 9.96. The quantitative estimate of drug-likeness (QED) is 0.0768. The lowest BCUT2D eigenvalue weighted by Crippen LogP contribution is -2.59. The minimum absolute atomic E-state index is 0.145. The van der Waals surface area contributed by atoms with Crippen LogP contribution in [0.5, 0.6) is 0 Å². The zero-order valence-electron chi connectivity index (χ0n) is 19.0. The Balaban J connectivity index is 1.68. The van der Waals surface area contributed by atoms with Crippen LogP contribution in [0.15, 0.2) is 15.8 Å². The van der Waals surface area contributed by atoms with Crippen LogP contribution in [0.4, 0.5) is 0 Å². The number of halogens is 1. The molecule has 23 heteroatoms. The average Bonchev–Trinajstić information content (AvgIpc) is 2.92. The highest BCUT2D eigenvalue weighted by Gasteiger charge is 2.67. The van der Waals surface area contributed by atoms with Crippen molar-refractivity contribution in [2.45, 2.75) is 62.1 Å². The maximum absolute atomic E-state index is 12.2. The lowest BCUT2D eigenvalue weighted by molar-refractivity contribution is -0.355. The monoisotopic (exact) mass is 723 g/mol. The van der Waals surface area contributed by atoms with E-state index in [9.17, 15) is 58.4 Å². The van der Waals surface area contributed by atoms with Gasteiger partial charge in [-0.25, -0.2) is 23.6 Å². The van der Waals surface area contributed by atoms with E-state index < -0.39 is 71.2 Å². The highest BCUT2D eigenvalue weighted by Crippen LogP contribution is 2.66. The smallest absolute Gasteiger partial charge is 0.359 e. The topological polar surface area (TPSA) is 297 Å². The Morgan fingerprint density at radius 1 is 1.03 bits per heavy atom. The van der Waals surface area contributed by atoms with Gasteiger partial charge in [0.25, 0.3) is 17.1 Å². The van der Waals surface area contributed by atoms with Crippen LogP contribution in [-0.2, 0) is 31.6 Å². The number of phosphoric ester groups is 1. The van der Waals surface area contributed by atoms with E-state index in [0.29, 0.717) is 17.4 Å². The number of ether oxygens (including phenoxy) is 1. The van der Waals surface area contributed by atoms with Crippen LogP contribution >= 0.6 is 46.0 Å².